The van der Waals surface area contributed by atoms with Crippen molar-refractivity contribution in [2.45, 2.75) is 45.8 Å². The van der Waals surface area contributed by atoms with E-state index in [1.165, 1.54) is 24.6 Å². The topological polar surface area (TPSA) is 128 Å². The first kappa shape index (κ1) is 27.6. The van der Waals surface area contributed by atoms with Gasteiger partial charge in [0, 0.05) is 36.6 Å². The van der Waals surface area contributed by atoms with Crippen LogP contribution < -0.4 is 15.8 Å². The molecular formula is C29H30N6O3S2. The number of ether oxygens (including phenoxy) is 1. The quantitative estimate of drug-likeness (QED) is 0.113. The summed E-state index contributed by atoms with van der Waals surface area (Å²) in [6.07, 6.45) is 9.72. The molecule has 0 atom stereocenters. The number of hydrogen-bond donors (Lipinski definition) is 5. The SMILES string of the molecule is Cc1cc2c(N)nccc2c(C)c1CNc1cc(OCc2cn3cc(C4CC4)ccc3n2)cnc1C(=O)O.SS. The normalized spacial score (nSPS) is 12.7. The molecule has 9 nitrogen and oxygen atoms in total. The molecule has 5 aromatic rings. The Morgan fingerprint density at radius 3 is 2.70 bits per heavy atom. The molecule has 6 rings (SSSR count). The van der Waals surface area contributed by atoms with Crippen molar-refractivity contribution in [3.8, 4) is 5.75 Å². The predicted molar refractivity (Wildman–Crippen MR) is 164 cm³/mol. The first-order valence-electron chi connectivity index (χ1n) is 12.8. The number of nitrogens with two attached hydrogens (primary N) is 1. The molecular weight excluding hydrogens is 544 g/mol. The number of aryl methyl sites for hydroxylation is 2. The molecule has 1 fully saturated rings. The zero-order valence-corrected chi connectivity index (χ0v) is 23.9. The summed E-state index contributed by atoms with van der Waals surface area (Å²) in [6.45, 7) is 4.70. The van der Waals surface area contributed by atoms with Crippen molar-refractivity contribution in [2.24, 2.45) is 0 Å². The number of carboxylic acid groups (broad SMARTS) is 1. The largest absolute Gasteiger partial charge is 0.486 e. The number of imidazole rings is 1. The Labute approximate surface area is 242 Å². The maximum atomic E-state index is 11.9. The molecule has 0 aliphatic heterocycles. The van der Waals surface area contributed by atoms with E-state index in [9.17, 15) is 9.90 Å². The molecule has 0 amide bonds. The molecule has 1 aromatic carbocycles. The molecule has 4 aromatic heterocycles. The van der Waals surface area contributed by atoms with Gasteiger partial charge in [0.05, 0.1) is 17.6 Å². The smallest absolute Gasteiger partial charge is 0.356 e. The van der Waals surface area contributed by atoms with Gasteiger partial charge in [0.1, 0.15) is 23.8 Å². The number of nitrogens with one attached hydrogen (secondary N) is 1. The number of fused-ring (bicyclic) bond motifs is 2. The Hall–Kier alpha value is -3.96. The molecule has 4 heterocycles. The third-order valence-corrected chi connectivity index (χ3v) is 7.19. The summed E-state index contributed by atoms with van der Waals surface area (Å²) < 4.78 is 8.00. The fourth-order valence-corrected chi connectivity index (χ4v) is 4.96. The van der Waals surface area contributed by atoms with Gasteiger partial charge in [0.2, 0.25) is 0 Å². The average Bonchev–Trinajstić information content (AvgIpc) is 3.72. The number of aromatic carboxylic acids is 1. The summed E-state index contributed by atoms with van der Waals surface area (Å²) in [5.41, 5.74) is 12.5. The summed E-state index contributed by atoms with van der Waals surface area (Å²) in [5, 5.41) is 14.9. The van der Waals surface area contributed by atoms with Crippen LogP contribution in [0.5, 0.6) is 5.75 Å². The summed E-state index contributed by atoms with van der Waals surface area (Å²) in [5.74, 6) is 0.503. The highest BCUT2D eigenvalue weighted by Gasteiger charge is 2.24. The van der Waals surface area contributed by atoms with Crippen LogP contribution in [0.25, 0.3) is 16.4 Å². The van der Waals surface area contributed by atoms with Crippen LogP contribution in [0.3, 0.4) is 0 Å². The lowest BCUT2D eigenvalue weighted by molar-refractivity contribution is 0.0691. The molecule has 0 radical (unpaired) electrons. The number of benzene rings is 1. The maximum absolute atomic E-state index is 11.9. The Kier molecular flexibility index (Phi) is 8.04. The summed E-state index contributed by atoms with van der Waals surface area (Å²) in [4.78, 5) is 24.8. The fraction of sp³-hybridized carbons (Fsp3) is 0.241. The van der Waals surface area contributed by atoms with Crippen LogP contribution in [0.15, 0.2) is 55.1 Å². The van der Waals surface area contributed by atoms with Gasteiger partial charge >= 0.3 is 5.97 Å². The standard InChI is InChI=1S/C29H28N6O3.H2S2/c1-16-9-23-22(7-8-31-28(23)30)17(2)24(16)12-32-25-10-21(11-33-27(25)29(36)37)38-15-20-14-35-13-19(18-3-4-18)5-6-26(35)34-20;1-2/h5-11,13-14,18,32H,3-4,12,15H2,1-2H3,(H2,30,31)(H,36,37);1-2H. The van der Waals surface area contributed by atoms with Gasteiger partial charge in [-0.2, -0.15) is 0 Å². The van der Waals surface area contributed by atoms with E-state index in [2.05, 4.69) is 55.9 Å². The lowest BCUT2D eigenvalue weighted by Gasteiger charge is -2.16. The van der Waals surface area contributed by atoms with Crippen LogP contribution in [0.2, 0.25) is 0 Å². The number of rotatable bonds is 8. The van der Waals surface area contributed by atoms with Crippen molar-refractivity contribution in [2.75, 3.05) is 11.1 Å². The molecule has 1 aliphatic rings. The summed E-state index contributed by atoms with van der Waals surface area (Å²) >= 11 is 6.44. The molecule has 1 saturated carbocycles. The minimum atomic E-state index is -1.11. The lowest BCUT2D eigenvalue weighted by Crippen LogP contribution is -2.11. The fourth-order valence-electron chi connectivity index (χ4n) is 4.96. The monoisotopic (exact) mass is 574 g/mol. The first-order valence-corrected chi connectivity index (χ1v) is 14.4. The van der Waals surface area contributed by atoms with Crippen molar-refractivity contribution < 1.29 is 14.6 Å². The second-order valence-electron chi connectivity index (χ2n) is 9.84. The van der Waals surface area contributed by atoms with Gasteiger partial charge in [0.25, 0.3) is 0 Å². The van der Waals surface area contributed by atoms with E-state index in [-0.39, 0.29) is 12.3 Å². The zero-order chi connectivity index (χ0) is 28.4. The van der Waals surface area contributed by atoms with E-state index in [0.717, 1.165) is 38.8 Å². The highest BCUT2D eigenvalue weighted by Crippen LogP contribution is 2.40. The number of thiol groups is 2. The number of carbonyl (C=O) groups is 1. The highest BCUT2D eigenvalue weighted by molar-refractivity contribution is 8.59. The van der Waals surface area contributed by atoms with Crippen molar-refractivity contribution in [1.82, 2.24) is 19.4 Å². The van der Waals surface area contributed by atoms with Crippen molar-refractivity contribution in [3.63, 3.8) is 0 Å². The third-order valence-electron chi connectivity index (χ3n) is 7.19. The van der Waals surface area contributed by atoms with Crippen LogP contribution in [0.1, 0.15) is 57.2 Å². The van der Waals surface area contributed by atoms with Gasteiger partial charge in [-0.05, 0) is 78.4 Å². The minimum absolute atomic E-state index is 0.0674. The molecule has 4 N–H and O–H groups in total. The lowest BCUT2D eigenvalue weighted by atomic mass is 9.96. The number of hydrogen-bond acceptors (Lipinski definition) is 9. The molecule has 0 unspecified atom stereocenters. The van der Waals surface area contributed by atoms with E-state index in [4.69, 9.17) is 10.5 Å². The second-order valence-corrected chi connectivity index (χ2v) is 9.84. The van der Waals surface area contributed by atoms with Crippen LogP contribution >= 0.6 is 23.3 Å². The van der Waals surface area contributed by atoms with E-state index < -0.39 is 5.97 Å². The van der Waals surface area contributed by atoms with E-state index in [1.807, 2.05) is 42.6 Å². The molecule has 11 heteroatoms. The molecule has 206 valence electrons. The highest BCUT2D eigenvalue weighted by atomic mass is 33.1. The Morgan fingerprint density at radius 2 is 1.95 bits per heavy atom. The summed E-state index contributed by atoms with van der Waals surface area (Å²) in [6, 6.07) is 9.80. The van der Waals surface area contributed by atoms with Crippen LogP contribution in [0.4, 0.5) is 11.5 Å². The van der Waals surface area contributed by atoms with Crippen molar-refractivity contribution in [1.29, 1.82) is 0 Å². The molecule has 40 heavy (non-hydrogen) atoms. The molecule has 0 spiro atoms. The van der Waals surface area contributed by atoms with Crippen molar-refractivity contribution >= 4 is 57.2 Å². The minimum Gasteiger partial charge on any atom is -0.486 e. The van der Waals surface area contributed by atoms with Crippen LogP contribution in [0, 0.1) is 13.8 Å². The number of nitrogen functional groups attached to an aromatic ring is 1. The van der Waals surface area contributed by atoms with Crippen molar-refractivity contribution in [3.05, 3.63) is 88.8 Å². The van der Waals surface area contributed by atoms with Gasteiger partial charge in [0.15, 0.2) is 5.69 Å². The summed E-state index contributed by atoms with van der Waals surface area (Å²) in [7, 11) is 0. The van der Waals surface area contributed by atoms with E-state index >= 15 is 0 Å². The number of pyridine rings is 3. The Balaban J connectivity index is 0.00000158. The number of anilines is 2. The predicted octanol–water partition coefficient (Wildman–Crippen LogP) is 6.00. The zero-order valence-electron chi connectivity index (χ0n) is 22.1. The maximum Gasteiger partial charge on any atom is 0.356 e. The Bertz CT molecular complexity index is 1720. The average molecular weight is 575 g/mol. The number of carboxylic acids is 1. The molecule has 1 aliphatic carbocycles. The second kappa shape index (κ2) is 11.6. The van der Waals surface area contributed by atoms with Gasteiger partial charge in [-0.25, -0.2) is 19.7 Å². The van der Waals surface area contributed by atoms with Crippen LogP contribution in [-0.2, 0) is 13.2 Å². The molecule has 0 bridgehead atoms. The van der Waals surface area contributed by atoms with Gasteiger partial charge in [-0.3, -0.25) is 0 Å². The van der Waals surface area contributed by atoms with Gasteiger partial charge in [-0.1, -0.05) is 6.07 Å². The number of aromatic nitrogens is 4. The number of nitrogens with zero attached hydrogens (tertiary/aromatic N) is 4. The third kappa shape index (κ3) is 5.66. The van der Waals surface area contributed by atoms with Gasteiger partial charge < -0.3 is 25.3 Å². The van der Waals surface area contributed by atoms with E-state index in [1.54, 1.807) is 12.3 Å². The van der Waals surface area contributed by atoms with Crippen LogP contribution in [-0.4, -0.2) is 30.4 Å². The van der Waals surface area contributed by atoms with E-state index in [0.29, 0.717) is 29.7 Å². The molecule has 0 saturated heterocycles. The Morgan fingerprint density at radius 1 is 1.15 bits per heavy atom. The first-order chi connectivity index (χ1) is 19.4. The van der Waals surface area contributed by atoms with Gasteiger partial charge in [-0.15, -0.1) is 23.3 Å².